The van der Waals surface area contributed by atoms with E-state index in [2.05, 4.69) is 38.1 Å². The molecule has 8 heteroatoms. The Morgan fingerprint density at radius 2 is 2.25 bits per heavy atom. The normalized spacial score (nSPS) is 11.8. The highest BCUT2D eigenvalue weighted by atomic mass is 79.9. The molecular formula is C16H17BrN4O2S. The van der Waals surface area contributed by atoms with Crippen molar-refractivity contribution in [1.29, 1.82) is 0 Å². The van der Waals surface area contributed by atoms with Crippen molar-refractivity contribution in [1.82, 2.24) is 14.8 Å². The van der Waals surface area contributed by atoms with Gasteiger partial charge in [-0.2, -0.15) is 5.10 Å². The van der Waals surface area contributed by atoms with Crippen LogP contribution in [0.15, 0.2) is 35.1 Å². The summed E-state index contributed by atoms with van der Waals surface area (Å²) in [6.07, 6.45) is 3.43. The Hall–Kier alpha value is -1.93. The molecule has 2 aromatic heterocycles. The lowest BCUT2D eigenvalue weighted by Crippen LogP contribution is -2.33. The first kappa shape index (κ1) is 16.9. The van der Waals surface area contributed by atoms with Crippen LogP contribution in [-0.2, 0) is 17.7 Å². The van der Waals surface area contributed by atoms with Crippen molar-refractivity contribution >= 4 is 43.6 Å². The summed E-state index contributed by atoms with van der Waals surface area (Å²) >= 11 is 5.18. The highest BCUT2D eigenvalue weighted by molar-refractivity contribution is 9.10. The fraction of sp³-hybridized carbons (Fsp3) is 0.312. The average molecular weight is 409 g/mol. The number of hydrogen-bond donors (Lipinski definition) is 1. The average Bonchev–Trinajstić information content (AvgIpc) is 3.06. The second-order valence-corrected chi connectivity index (χ2v) is 8.06. The van der Waals surface area contributed by atoms with Crippen LogP contribution in [0.3, 0.4) is 0 Å². The van der Waals surface area contributed by atoms with Gasteiger partial charge in [0.15, 0.2) is 0 Å². The molecule has 0 unspecified atom stereocenters. The number of rotatable bonds is 5. The van der Waals surface area contributed by atoms with Crippen LogP contribution >= 0.6 is 27.3 Å². The predicted molar refractivity (Wildman–Crippen MR) is 97.1 cm³/mol. The molecule has 0 aliphatic rings. The lowest BCUT2D eigenvalue weighted by molar-refractivity contribution is 0.0460. The van der Waals surface area contributed by atoms with Crippen molar-refractivity contribution in [2.24, 2.45) is 5.73 Å². The number of amides is 1. The molecule has 6 nitrogen and oxygen atoms in total. The number of nitrogens with two attached hydrogens (primary N) is 1. The van der Waals surface area contributed by atoms with Crippen LogP contribution in [0.2, 0.25) is 0 Å². The third-order valence-electron chi connectivity index (χ3n) is 3.41. The van der Waals surface area contributed by atoms with Crippen LogP contribution in [0.1, 0.15) is 24.4 Å². The standard InChI is InChI=1S/C16H17BrN4O2S/c1-16(2,23-15(18)22)8-13-20-14-11(17)6-10(7-12(14)24-13)9-21-5-3-4-19-21/h3-7H,8-9H2,1-2H3,(H2,18,22). The van der Waals surface area contributed by atoms with Gasteiger partial charge in [-0.05, 0) is 53.5 Å². The first-order valence-electron chi connectivity index (χ1n) is 7.36. The van der Waals surface area contributed by atoms with Crippen LogP contribution in [0, 0.1) is 0 Å². The summed E-state index contributed by atoms with van der Waals surface area (Å²) < 4.78 is 9.04. The van der Waals surface area contributed by atoms with Crippen LogP contribution in [0.5, 0.6) is 0 Å². The molecule has 1 amide bonds. The van der Waals surface area contributed by atoms with Crippen LogP contribution in [0.25, 0.3) is 10.2 Å². The smallest absolute Gasteiger partial charge is 0.405 e. The molecule has 0 bridgehead atoms. The molecule has 2 N–H and O–H groups in total. The summed E-state index contributed by atoms with van der Waals surface area (Å²) in [5, 5.41) is 5.13. The monoisotopic (exact) mass is 408 g/mol. The Morgan fingerprint density at radius 3 is 2.92 bits per heavy atom. The molecule has 2 heterocycles. The highest BCUT2D eigenvalue weighted by Gasteiger charge is 2.24. The van der Waals surface area contributed by atoms with Crippen molar-refractivity contribution in [2.75, 3.05) is 0 Å². The second-order valence-electron chi connectivity index (χ2n) is 6.09. The van der Waals surface area contributed by atoms with E-state index in [1.807, 2.05) is 30.8 Å². The molecule has 0 fully saturated rings. The number of fused-ring (bicyclic) bond motifs is 1. The van der Waals surface area contributed by atoms with E-state index in [4.69, 9.17) is 10.5 Å². The third kappa shape index (κ3) is 3.93. The lowest BCUT2D eigenvalue weighted by Gasteiger charge is -2.22. The highest BCUT2D eigenvalue weighted by Crippen LogP contribution is 2.32. The number of halogens is 1. The van der Waals surface area contributed by atoms with Gasteiger partial charge in [-0.3, -0.25) is 4.68 Å². The number of primary amides is 1. The van der Waals surface area contributed by atoms with E-state index < -0.39 is 11.7 Å². The minimum absolute atomic E-state index is 0.510. The fourth-order valence-electron chi connectivity index (χ4n) is 2.51. The number of carbonyl (C=O) groups is 1. The van der Waals surface area contributed by atoms with Gasteiger partial charge in [-0.1, -0.05) is 0 Å². The topological polar surface area (TPSA) is 83.0 Å². The first-order chi connectivity index (χ1) is 11.3. The Kier molecular flexibility index (Phi) is 4.60. The quantitative estimate of drug-likeness (QED) is 0.696. The summed E-state index contributed by atoms with van der Waals surface area (Å²) in [7, 11) is 0. The Labute approximate surface area is 151 Å². The largest absolute Gasteiger partial charge is 0.443 e. The molecule has 126 valence electrons. The number of thiazole rings is 1. The van der Waals surface area contributed by atoms with Crippen molar-refractivity contribution in [3.8, 4) is 0 Å². The van der Waals surface area contributed by atoms with Crippen molar-refractivity contribution in [3.05, 3.63) is 45.6 Å². The summed E-state index contributed by atoms with van der Waals surface area (Å²) in [6, 6.07) is 6.07. The van der Waals surface area contributed by atoms with Gasteiger partial charge < -0.3 is 10.5 Å². The number of ether oxygens (including phenoxy) is 1. The molecule has 3 rings (SSSR count). The summed E-state index contributed by atoms with van der Waals surface area (Å²) in [5.41, 5.74) is 6.48. The third-order valence-corrected chi connectivity index (χ3v) is 5.02. The van der Waals surface area contributed by atoms with Crippen LogP contribution in [0.4, 0.5) is 4.79 Å². The van der Waals surface area contributed by atoms with Gasteiger partial charge in [-0.15, -0.1) is 11.3 Å². The fourth-order valence-corrected chi connectivity index (χ4v) is 4.51. The zero-order chi connectivity index (χ0) is 17.3. The van der Waals surface area contributed by atoms with Crippen LogP contribution in [-0.4, -0.2) is 26.5 Å². The Morgan fingerprint density at radius 1 is 1.46 bits per heavy atom. The summed E-state index contributed by atoms with van der Waals surface area (Å²) in [4.78, 5) is 15.7. The molecular weight excluding hydrogens is 392 g/mol. The molecule has 0 saturated heterocycles. The van der Waals surface area contributed by atoms with E-state index in [0.29, 0.717) is 13.0 Å². The van der Waals surface area contributed by atoms with Crippen LogP contribution < -0.4 is 5.73 Å². The molecule has 1 aromatic carbocycles. The molecule has 0 atom stereocenters. The molecule has 0 aliphatic heterocycles. The van der Waals surface area contributed by atoms with E-state index in [1.165, 1.54) is 0 Å². The van der Waals surface area contributed by atoms with Gasteiger partial charge in [0.05, 0.1) is 21.8 Å². The van der Waals surface area contributed by atoms with Crippen molar-refractivity contribution in [3.63, 3.8) is 0 Å². The molecule has 3 aromatic rings. The van der Waals surface area contributed by atoms with Gasteiger partial charge in [-0.25, -0.2) is 9.78 Å². The molecule has 0 radical (unpaired) electrons. The van der Waals surface area contributed by atoms with Crippen molar-refractivity contribution < 1.29 is 9.53 Å². The predicted octanol–water partition coefficient (Wildman–Crippen LogP) is 3.72. The molecule has 0 saturated carbocycles. The van der Waals surface area contributed by atoms with Gasteiger partial charge in [0, 0.05) is 23.3 Å². The summed E-state index contributed by atoms with van der Waals surface area (Å²) in [6.45, 7) is 4.34. The van der Waals surface area contributed by atoms with E-state index in [9.17, 15) is 4.79 Å². The number of benzene rings is 1. The molecule has 24 heavy (non-hydrogen) atoms. The van der Waals surface area contributed by atoms with Gasteiger partial charge in [0.25, 0.3) is 0 Å². The van der Waals surface area contributed by atoms with E-state index >= 15 is 0 Å². The van der Waals surface area contributed by atoms with Crippen molar-refractivity contribution in [2.45, 2.75) is 32.4 Å². The Balaban J connectivity index is 1.87. The lowest BCUT2D eigenvalue weighted by atomic mass is 10.1. The molecule has 0 aliphatic carbocycles. The number of nitrogens with zero attached hydrogens (tertiary/aromatic N) is 3. The minimum Gasteiger partial charge on any atom is -0.443 e. The van der Waals surface area contributed by atoms with Gasteiger partial charge >= 0.3 is 6.09 Å². The minimum atomic E-state index is -0.774. The van der Waals surface area contributed by atoms with E-state index in [-0.39, 0.29) is 0 Å². The number of carbonyl (C=O) groups excluding carboxylic acids is 1. The summed E-state index contributed by atoms with van der Waals surface area (Å²) in [5.74, 6) is 0. The first-order valence-corrected chi connectivity index (χ1v) is 8.97. The van der Waals surface area contributed by atoms with E-state index in [1.54, 1.807) is 17.5 Å². The molecule has 0 spiro atoms. The zero-order valence-electron chi connectivity index (χ0n) is 13.3. The maximum atomic E-state index is 11.0. The van der Waals surface area contributed by atoms with Gasteiger partial charge in [0.2, 0.25) is 0 Å². The number of hydrogen-bond acceptors (Lipinski definition) is 5. The zero-order valence-corrected chi connectivity index (χ0v) is 15.7. The number of aromatic nitrogens is 3. The SMILES string of the molecule is CC(C)(Cc1nc2c(Br)cc(Cn3cccn3)cc2s1)OC(N)=O. The maximum Gasteiger partial charge on any atom is 0.405 e. The maximum absolute atomic E-state index is 11.0. The van der Waals surface area contributed by atoms with Gasteiger partial charge in [0.1, 0.15) is 5.60 Å². The second kappa shape index (κ2) is 6.52. The Bertz CT molecular complexity index is 874. The van der Waals surface area contributed by atoms with E-state index in [0.717, 1.165) is 25.3 Å².